The molecule has 0 aliphatic heterocycles. The number of carbonyl (C=O) groups is 2. The van der Waals surface area contributed by atoms with E-state index in [1.807, 2.05) is 25.1 Å². The van der Waals surface area contributed by atoms with Gasteiger partial charge in [0.2, 0.25) is 0 Å². The molecule has 0 radical (unpaired) electrons. The number of hydrogen-bond donors (Lipinski definition) is 3. The van der Waals surface area contributed by atoms with Gasteiger partial charge in [0.15, 0.2) is 0 Å². The first-order valence-electron chi connectivity index (χ1n) is 8.12. The third kappa shape index (κ3) is 4.17. The number of imidazole rings is 1. The average molecular weight is 345 g/mol. The Kier molecular flexibility index (Phi) is 5.80. The first-order valence-corrected chi connectivity index (χ1v) is 8.12. The van der Waals surface area contributed by atoms with Crippen LogP contribution in [-0.2, 0) is 4.79 Å². The number of ether oxygens (including phenoxy) is 1. The number of carbonyl (C=O) groups excluding carboxylic acids is 1. The van der Waals surface area contributed by atoms with Crippen LogP contribution in [0.4, 0.5) is 0 Å². The van der Waals surface area contributed by atoms with Gasteiger partial charge in [-0.3, -0.25) is 4.79 Å². The number of methoxy groups -OCH3 is 1. The topological polar surface area (TPSA) is 104 Å². The van der Waals surface area contributed by atoms with Crippen LogP contribution in [0.2, 0.25) is 0 Å². The third-order valence-corrected chi connectivity index (χ3v) is 4.21. The van der Waals surface area contributed by atoms with Gasteiger partial charge in [0.1, 0.15) is 23.3 Å². The predicted octanol–water partition coefficient (Wildman–Crippen LogP) is 2.62. The molecule has 0 saturated carbocycles. The number of aryl methyl sites for hydroxylation is 1. The number of benzene rings is 1. The van der Waals surface area contributed by atoms with E-state index < -0.39 is 17.9 Å². The molecule has 7 nitrogen and oxygen atoms in total. The maximum absolute atomic E-state index is 12.5. The summed E-state index contributed by atoms with van der Waals surface area (Å²) >= 11 is 0. The van der Waals surface area contributed by atoms with Crippen molar-refractivity contribution in [1.82, 2.24) is 15.3 Å². The highest BCUT2D eigenvalue weighted by molar-refractivity contribution is 5.96. The molecule has 7 heteroatoms. The van der Waals surface area contributed by atoms with E-state index in [0.29, 0.717) is 23.7 Å². The van der Waals surface area contributed by atoms with E-state index in [4.69, 9.17) is 4.74 Å². The van der Waals surface area contributed by atoms with Gasteiger partial charge in [-0.15, -0.1) is 0 Å². The molecule has 134 valence electrons. The van der Waals surface area contributed by atoms with Crippen LogP contribution in [0.25, 0.3) is 11.4 Å². The summed E-state index contributed by atoms with van der Waals surface area (Å²) in [6.07, 6.45) is 0.645. The van der Waals surface area contributed by atoms with Crippen LogP contribution in [-0.4, -0.2) is 40.1 Å². The molecule has 2 atom stereocenters. The number of nitrogens with one attached hydrogen (secondary N) is 2. The molecule has 2 aromatic rings. The predicted molar refractivity (Wildman–Crippen MR) is 93.7 cm³/mol. The molecule has 1 heterocycles. The highest BCUT2D eigenvalue weighted by Crippen LogP contribution is 2.22. The van der Waals surface area contributed by atoms with Gasteiger partial charge in [0.25, 0.3) is 5.91 Å². The van der Waals surface area contributed by atoms with Gasteiger partial charge >= 0.3 is 5.97 Å². The van der Waals surface area contributed by atoms with Gasteiger partial charge in [-0.2, -0.15) is 0 Å². The standard InChI is InChI=1S/C18H23N3O4/c1-5-10(2)14(18(23)24)21-17(22)15-11(3)19-16(20-15)12-7-6-8-13(9-12)25-4/h6-10,14H,5H2,1-4H3,(H,19,20)(H,21,22)(H,23,24)/t10-,14-/m0/s1. The normalized spacial score (nSPS) is 13.1. The van der Waals surface area contributed by atoms with Gasteiger partial charge in [-0.05, 0) is 25.0 Å². The van der Waals surface area contributed by atoms with E-state index in [9.17, 15) is 14.7 Å². The minimum Gasteiger partial charge on any atom is -0.497 e. The van der Waals surface area contributed by atoms with Crippen LogP contribution in [0.1, 0.15) is 36.5 Å². The molecular weight excluding hydrogens is 322 g/mol. The Morgan fingerprint density at radius 3 is 2.72 bits per heavy atom. The number of nitrogens with zero attached hydrogens (tertiary/aromatic N) is 1. The third-order valence-electron chi connectivity index (χ3n) is 4.21. The second kappa shape index (κ2) is 7.83. The van der Waals surface area contributed by atoms with E-state index >= 15 is 0 Å². The lowest BCUT2D eigenvalue weighted by Gasteiger charge is -2.19. The largest absolute Gasteiger partial charge is 0.497 e. The lowest BCUT2D eigenvalue weighted by molar-refractivity contribution is -0.140. The highest BCUT2D eigenvalue weighted by atomic mass is 16.5. The Hall–Kier alpha value is -2.83. The SMILES string of the molecule is CC[C@H](C)[C@H](NC(=O)c1nc(-c2cccc(OC)c2)[nH]c1C)C(=O)O. The van der Waals surface area contributed by atoms with E-state index in [1.165, 1.54) is 0 Å². The second-order valence-electron chi connectivity index (χ2n) is 5.97. The zero-order valence-electron chi connectivity index (χ0n) is 14.8. The summed E-state index contributed by atoms with van der Waals surface area (Å²) in [6, 6.07) is 6.35. The van der Waals surface area contributed by atoms with E-state index in [2.05, 4.69) is 15.3 Å². The summed E-state index contributed by atoms with van der Waals surface area (Å²) in [6.45, 7) is 5.40. The van der Waals surface area contributed by atoms with Crippen LogP contribution in [0.5, 0.6) is 5.75 Å². The number of aromatic nitrogens is 2. The van der Waals surface area contributed by atoms with Crippen LogP contribution >= 0.6 is 0 Å². The van der Waals surface area contributed by atoms with E-state index in [1.54, 1.807) is 27.0 Å². The number of hydrogen-bond acceptors (Lipinski definition) is 4. The maximum atomic E-state index is 12.5. The summed E-state index contributed by atoms with van der Waals surface area (Å²) in [4.78, 5) is 31.3. The van der Waals surface area contributed by atoms with E-state index in [-0.39, 0.29) is 11.6 Å². The zero-order chi connectivity index (χ0) is 18.6. The summed E-state index contributed by atoms with van der Waals surface area (Å²) in [7, 11) is 1.58. The van der Waals surface area contributed by atoms with Crippen LogP contribution in [0.3, 0.4) is 0 Å². The molecule has 0 bridgehead atoms. The number of amides is 1. The first-order chi connectivity index (χ1) is 11.9. The summed E-state index contributed by atoms with van der Waals surface area (Å²) < 4.78 is 5.19. The minimum atomic E-state index is -1.05. The molecule has 3 N–H and O–H groups in total. The average Bonchev–Trinajstić information content (AvgIpc) is 3.00. The number of carboxylic acid groups (broad SMARTS) is 1. The number of aromatic amines is 1. The molecule has 0 aliphatic rings. The van der Waals surface area contributed by atoms with Gasteiger partial charge in [-0.1, -0.05) is 32.4 Å². The van der Waals surface area contributed by atoms with Crippen molar-refractivity contribution >= 4 is 11.9 Å². The van der Waals surface area contributed by atoms with Crippen LogP contribution in [0.15, 0.2) is 24.3 Å². The highest BCUT2D eigenvalue weighted by Gasteiger charge is 2.27. The van der Waals surface area contributed by atoms with Gasteiger partial charge in [0.05, 0.1) is 7.11 Å². The molecule has 0 fully saturated rings. The van der Waals surface area contributed by atoms with Crippen molar-refractivity contribution in [2.75, 3.05) is 7.11 Å². The monoisotopic (exact) mass is 345 g/mol. The quantitative estimate of drug-likeness (QED) is 0.715. The smallest absolute Gasteiger partial charge is 0.326 e. The van der Waals surface area contributed by atoms with Crippen LogP contribution < -0.4 is 10.1 Å². The Bertz CT molecular complexity index is 769. The Morgan fingerprint density at radius 2 is 2.12 bits per heavy atom. The van der Waals surface area contributed by atoms with Crippen molar-refractivity contribution in [3.05, 3.63) is 35.7 Å². The number of H-pyrrole nitrogens is 1. The van der Waals surface area contributed by atoms with Gasteiger partial charge < -0.3 is 20.1 Å². The molecule has 0 unspecified atom stereocenters. The number of rotatable bonds is 7. The van der Waals surface area contributed by atoms with E-state index in [0.717, 1.165) is 5.56 Å². The number of carboxylic acids is 1. The van der Waals surface area contributed by atoms with Crippen molar-refractivity contribution in [2.24, 2.45) is 5.92 Å². The molecule has 0 spiro atoms. The fourth-order valence-electron chi connectivity index (χ4n) is 2.48. The Morgan fingerprint density at radius 1 is 1.40 bits per heavy atom. The summed E-state index contributed by atoms with van der Waals surface area (Å²) in [5.41, 5.74) is 1.54. The lowest BCUT2D eigenvalue weighted by atomic mass is 9.99. The number of aliphatic carboxylic acids is 1. The first kappa shape index (κ1) is 18.5. The summed E-state index contributed by atoms with van der Waals surface area (Å²) in [5.74, 6) is -0.532. The fourth-order valence-corrected chi connectivity index (χ4v) is 2.48. The van der Waals surface area contributed by atoms with Crippen LogP contribution in [0, 0.1) is 12.8 Å². The molecule has 1 aromatic carbocycles. The van der Waals surface area contributed by atoms with Gasteiger partial charge in [0, 0.05) is 11.3 Å². The van der Waals surface area contributed by atoms with Crippen molar-refractivity contribution in [2.45, 2.75) is 33.2 Å². The summed E-state index contributed by atoms with van der Waals surface area (Å²) in [5, 5.41) is 11.9. The molecule has 0 aliphatic carbocycles. The van der Waals surface area contributed by atoms with Crippen molar-refractivity contribution in [3.8, 4) is 17.1 Å². The second-order valence-corrected chi connectivity index (χ2v) is 5.97. The Labute approximate surface area is 146 Å². The maximum Gasteiger partial charge on any atom is 0.326 e. The van der Waals surface area contributed by atoms with Crippen molar-refractivity contribution in [1.29, 1.82) is 0 Å². The lowest BCUT2D eigenvalue weighted by Crippen LogP contribution is -2.45. The van der Waals surface area contributed by atoms with Crippen molar-refractivity contribution < 1.29 is 19.4 Å². The Balaban J connectivity index is 2.26. The zero-order valence-corrected chi connectivity index (χ0v) is 14.8. The molecule has 1 aromatic heterocycles. The molecule has 0 saturated heterocycles. The molecular formula is C18H23N3O4. The minimum absolute atomic E-state index is 0.182. The van der Waals surface area contributed by atoms with Crippen molar-refractivity contribution in [3.63, 3.8) is 0 Å². The van der Waals surface area contributed by atoms with Gasteiger partial charge in [-0.25, -0.2) is 9.78 Å². The molecule has 2 rings (SSSR count). The fraction of sp³-hybridized carbons (Fsp3) is 0.389. The molecule has 25 heavy (non-hydrogen) atoms. The molecule has 1 amide bonds.